The average Bonchev–Trinajstić information content (AvgIpc) is 3.12. The quantitative estimate of drug-likeness (QED) is 0.913. The van der Waals surface area contributed by atoms with Gasteiger partial charge in [0.2, 0.25) is 5.91 Å². The van der Waals surface area contributed by atoms with E-state index in [-0.39, 0.29) is 24.3 Å². The van der Waals surface area contributed by atoms with E-state index in [0.29, 0.717) is 10.6 Å². The van der Waals surface area contributed by atoms with Crippen molar-refractivity contribution in [1.29, 1.82) is 0 Å². The number of benzene rings is 1. The monoisotopic (exact) mass is 270 g/mol. The van der Waals surface area contributed by atoms with Crippen molar-refractivity contribution in [2.24, 2.45) is 5.73 Å². The van der Waals surface area contributed by atoms with E-state index in [1.165, 1.54) is 6.07 Å². The second-order valence-electron chi connectivity index (χ2n) is 4.69. The SMILES string of the molecule is C[C@H](N)C(=O)N(Cc1c(F)cccc1Cl)C1CC1. The van der Waals surface area contributed by atoms with Crippen LogP contribution in [0.5, 0.6) is 0 Å². The number of hydrogen-bond donors (Lipinski definition) is 1. The topological polar surface area (TPSA) is 46.3 Å². The first-order chi connectivity index (χ1) is 8.50. The van der Waals surface area contributed by atoms with Gasteiger partial charge in [-0.05, 0) is 31.9 Å². The Balaban J connectivity index is 2.21. The first-order valence-electron chi connectivity index (χ1n) is 5.99. The summed E-state index contributed by atoms with van der Waals surface area (Å²) in [4.78, 5) is 13.6. The summed E-state index contributed by atoms with van der Waals surface area (Å²) in [6.45, 7) is 1.83. The van der Waals surface area contributed by atoms with E-state index in [2.05, 4.69) is 0 Å². The van der Waals surface area contributed by atoms with Gasteiger partial charge in [0.1, 0.15) is 5.82 Å². The molecule has 1 aliphatic carbocycles. The van der Waals surface area contributed by atoms with Crippen LogP contribution >= 0.6 is 11.6 Å². The van der Waals surface area contributed by atoms with Gasteiger partial charge in [0.25, 0.3) is 0 Å². The molecule has 1 saturated carbocycles. The first-order valence-corrected chi connectivity index (χ1v) is 6.37. The highest BCUT2D eigenvalue weighted by molar-refractivity contribution is 6.31. The minimum absolute atomic E-state index is 0.156. The van der Waals surface area contributed by atoms with Crippen LogP contribution in [0.25, 0.3) is 0 Å². The molecule has 0 saturated heterocycles. The van der Waals surface area contributed by atoms with Gasteiger partial charge in [-0.1, -0.05) is 17.7 Å². The van der Waals surface area contributed by atoms with Gasteiger partial charge in [-0.2, -0.15) is 0 Å². The van der Waals surface area contributed by atoms with Gasteiger partial charge in [0, 0.05) is 16.6 Å². The van der Waals surface area contributed by atoms with Crippen molar-refractivity contribution in [3.8, 4) is 0 Å². The zero-order valence-electron chi connectivity index (χ0n) is 10.2. The Kier molecular flexibility index (Phi) is 3.88. The molecule has 5 heteroatoms. The van der Waals surface area contributed by atoms with Crippen molar-refractivity contribution >= 4 is 17.5 Å². The highest BCUT2D eigenvalue weighted by Gasteiger charge is 2.34. The van der Waals surface area contributed by atoms with Crippen LogP contribution in [0.4, 0.5) is 4.39 Å². The average molecular weight is 271 g/mol. The first kappa shape index (κ1) is 13.3. The summed E-state index contributed by atoms with van der Waals surface area (Å²) in [5.74, 6) is -0.539. The molecular formula is C13H16ClFN2O. The van der Waals surface area contributed by atoms with Gasteiger partial charge in [-0.25, -0.2) is 4.39 Å². The largest absolute Gasteiger partial charge is 0.334 e. The molecule has 1 aromatic rings. The van der Waals surface area contributed by atoms with Crippen LogP contribution in [-0.2, 0) is 11.3 Å². The fourth-order valence-electron chi connectivity index (χ4n) is 1.89. The Morgan fingerprint density at radius 3 is 2.78 bits per heavy atom. The number of amides is 1. The Morgan fingerprint density at radius 2 is 2.28 bits per heavy atom. The molecule has 1 fully saturated rings. The molecule has 1 amide bonds. The number of hydrogen-bond acceptors (Lipinski definition) is 2. The zero-order valence-corrected chi connectivity index (χ0v) is 11.0. The lowest BCUT2D eigenvalue weighted by Gasteiger charge is -2.25. The van der Waals surface area contributed by atoms with Crippen molar-refractivity contribution in [3.63, 3.8) is 0 Å². The smallest absolute Gasteiger partial charge is 0.239 e. The number of nitrogens with zero attached hydrogens (tertiary/aromatic N) is 1. The third-order valence-corrected chi connectivity index (χ3v) is 3.40. The van der Waals surface area contributed by atoms with Crippen LogP contribution in [0.3, 0.4) is 0 Å². The molecule has 0 heterocycles. The molecule has 1 aromatic carbocycles. The lowest BCUT2D eigenvalue weighted by molar-refractivity contribution is -0.133. The number of halogens is 2. The molecule has 0 unspecified atom stereocenters. The van der Waals surface area contributed by atoms with Crippen LogP contribution in [0.15, 0.2) is 18.2 Å². The second kappa shape index (κ2) is 5.24. The lowest BCUT2D eigenvalue weighted by atomic mass is 10.1. The molecule has 0 spiro atoms. The van der Waals surface area contributed by atoms with Gasteiger partial charge < -0.3 is 10.6 Å². The summed E-state index contributed by atoms with van der Waals surface area (Å²) in [6.07, 6.45) is 1.90. The Morgan fingerprint density at radius 1 is 1.61 bits per heavy atom. The third-order valence-electron chi connectivity index (χ3n) is 3.05. The minimum atomic E-state index is -0.573. The lowest BCUT2D eigenvalue weighted by Crippen LogP contribution is -2.43. The van der Waals surface area contributed by atoms with Gasteiger partial charge in [-0.3, -0.25) is 4.79 Å². The maximum atomic E-state index is 13.7. The maximum Gasteiger partial charge on any atom is 0.239 e. The van der Waals surface area contributed by atoms with Crippen LogP contribution in [0.1, 0.15) is 25.3 Å². The minimum Gasteiger partial charge on any atom is -0.334 e. The highest BCUT2D eigenvalue weighted by atomic mass is 35.5. The van der Waals surface area contributed by atoms with E-state index in [1.54, 1.807) is 24.0 Å². The molecule has 0 radical (unpaired) electrons. The van der Waals surface area contributed by atoms with E-state index >= 15 is 0 Å². The summed E-state index contributed by atoms with van der Waals surface area (Å²) >= 11 is 5.97. The summed E-state index contributed by atoms with van der Waals surface area (Å²) in [5.41, 5.74) is 5.98. The van der Waals surface area contributed by atoms with Crippen molar-refractivity contribution in [1.82, 2.24) is 4.90 Å². The van der Waals surface area contributed by atoms with E-state index in [0.717, 1.165) is 12.8 Å². The molecule has 2 N–H and O–H groups in total. The molecule has 2 rings (SSSR count). The van der Waals surface area contributed by atoms with Crippen molar-refractivity contribution in [2.75, 3.05) is 0 Å². The van der Waals surface area contributed by atoms with Crippen LogP contribution in [-0.4, -0.2) is 22.9 Å². The summed E-state index contributed by atoms with van der Waals surface area (Å²) < 4.78 is 13.7. The fourth-order valence-corrected chi connectivity index (χ4v) is 2.11. The summed E-state index contributed by atoms with van der Waals surface area (Å²) in [5, 5.41) is 0.345. The molecule has 0 aliphatic heterocycles. The molecular weight excluding hydrogens is 255 g/mol. The van der Waals surface area contributed by atoms with E-state index in [4.69, 9.17) is 17.3 Å². The predicted octanol–water partition coefficient (Wildman–Crippen LogP) is 2.32. The zero-order chi connectivity index (χ0) is 13.3. The number of nitrogens with two attached hydrogens (primary N) is 1. The van der Waals surface area contributed by atoms with Crippen LogP contribution < -0.4 is 5.73 Å². The van der Waals surface area contributed by atoms with Crippen molar-refractivity contribution < 1.29 is 9.18 Å². The molecule has 1 atom stereocenters. The van der Waals surface area contributed by atoms with Crippen molar-refractivity contribution in [2.45, 2.75) is 38.4 Å². The van der Waals surface area contributed by atoms with Gasteiger partial charge in [-0.15, -0.1) is 0 Å². The molecule has 98 valence electrons. The van der Waals surface area contributed by atoms with E-state index < -0.39 is 6.04 Å². The van der Waals surface area contributed by atoms with E-state index in [1.807, 2.05) is 0 Å². The maximum absolute atomic E-state index is 13.7. The second-order valence-corrected chi connectivity index (χ2v) is 5.09. The third kappa shape index (κ3) is 2.82. The molecule has 3 nitrogen and oxygen atoms in total. The summed E-state index contributed by atoms with van der Waals surface area (Å²) in [7, 11) is 0. The van der Waals surface area contributed by atoms with Crippen LogP contribution in [0, 0.1) is 5.82 Å². The van der Waals surface area contributed by atoms with Gasteiger partial charge in [0.15, 0.2) is 0 Å². The molecule has 0 aromatic heterocycles. The Labute approximate surface area is 111 Å². The van der Waals surface area contributed by atoms with Crippen LogP contribution in [0.2, 0.25) is 5.02 Å². The predicted molar refractivity (Wildman–Crippen MR) is 68.6 cm³/mol. The summed E-state index contributed by atoms with van der Waals surface area (Å²) in [6, 6.07) is 4.13. The fraction of sp³-hybridized carbons (Fsp3) is 0.462. The number of carbonyl (C=O) groups is 1. The number of carbonyl (C=O) groups excluding carboxylic acids is 1. The highest BCUT2D eigenvalue weighted by Crippen LogP contribution is 2.31. The molecule has 1 aliphatic rings. The van der Waals surface area contributed by atoms with Gasteiger partial charge in [0.05, 0.1) is 12.6 Å². The van der Waals surface area contributed by atoms with E-state index in [9.17, 15) is 9.18 Å². The Hall–Kier alpha value is -1.13. The standard InChI is InChI=1S/C13H16ClFN2O/c1-8(16)13(18)17(9-5-6-9)7-10-11(14)3-2-4-12(10)15/h2-4,8-9H,5-7,16H2,1H3/t8-/m0/s1. The Bertz CT molecular complexity index is 440. The van der Waals surface area contributed by atoms with Gasteiger partial charge >= 0.3 is 0 Å². The van der Waals surface area contributed by atoms with Crippen molar-refractivity contribution in [3.05, 3.63) is 34.6 Å². The molecule has 0 bridgehead atoms. The molecule has 18 heavy (non-hydrogen) atoms. The number of rotatable bonds is 4. The normalized spacial score (nSPS) is 16.4.